The molecule has 1 aromatic carbocycles. The number of halogens is 3. The quantitative estimate of drug-likeness (QED) is 0.842. The molecule has 0 amide bonds. The van der Waals surface area contributed by atoms with Crippen LogP contribution in [0.5, 0.6) is 0 Å². The van der Waals surface area contributed by atoms with Gasteiger partial charge in [-0.05, 0) is 85.9 Å². The van der Waals surface area contributed by atoms with Gasteiger partial charge in [-0.1, -0.05) is 12.1 Å². The summed E-state index contributed by atoms with van der Waals surface area (Å²) in [6.45, 7) is 1.23. The normalized spacial score (nSPS) is 34.0. The molecular weight excluding hydrogens is 313 g/mol. The van der Waals surface area contributed by atoms with Crippen molar-refractivity contribution >= 4 is 0 Å². The van der Waals surface area contributed by atoms with E-state index in [0.29, 0.717) is 11.0 Å². The van der Waals surface area contributed by atoms with Crippen LogP contribution in [0.4, 0.5) is 13.2 Å². The third-order valence-electron chi connectivity index (χ3n) is 6.12. The van der Waals surface area contributed by atoms with Crippen LogP contribution >= 0.6 is 0 Å². The Morgan fingerprint density at radius 3 is 1.67 bits per heavy atom. The molecule has 0 aromatic heterocycles. The molecule has 0 saturated heterocycles. The van der Waals surface area contributed by atoms with Gasteiger partial charge >= 0.3 is 6.18 Å². The van der Waals surface area contributed by atoms with Gasteiger partial charge < -0.3 is 11.5 Å². The van der Waals surface area contributed by atoms with Crippen LogP contribution in [0.15, 0.2) is 24.3 Å². The topological polar surface area (TPSA) is 52.0 Å². The summed E-state index contributed by atoms with van der Waals surface area (Å²) < 4.78 is 36.0. The highest BCUT2D eigenvalue weighted by molar-refractivity contribution is 5.24. The third kappa shape index (κ3) is 3.77. The maximum atomic E-state index is 12.0. The molecule has 5 rings (SSSR count). The molecule has 4 saturated carbocycles. The van der Waals surface area contributed by atoms with Crippen LogP contribution in [-0.4, -0.2) is 6.54 Å². The smallest absolute Gasteiger partial charge is 0.330 e. The Labute approximate surface area is 141 Å². The first-order chi connectivity index (χ1) is 11.3. The van der Waals surface area contributed by atoms with Gasteiger partial charge in [-0.25, -0.2) is 0 Å². The molecule has 1 aromatic rings. The van der Waals surface area contributed by atoms with Crippen molar-refractivity contribution in [2.24, 2.45) is 34.6 Å². The van der Waals surface area contributed by atoms with E-state index in [4.69, 9.17) is 11.5 Å². The van der Waals surface area contributed by atoms with Crippen molar-refractivity contribution in [3.63, 3.8) is 0 Å². The van der Waals surface area contributed by atoms with E-state index in [-0.39, 0.29) is 6.54 Å². The fourth-order valence-corrected chi connectivity index (χ4v) is 5.37. The Bertz CT molecular complexity index is 515. The Morgan fingerprint density at radius 2 is 1.33 bits per heavy atom. The van der Waals surface area contributed by atoms with E-state index >= 15 is 0 Å². The van der Waals surface area contributed by atoms with Gasteiger partial charge in [0, 0.05) is 6.54 Å². The fraction of sp³-hybridized carbons (Fsp3) is 0.684. The SMILES string of the molecule is NCC12CC3CC(CC(C3)C1)C2.NCc1ccc(C(F)(F)F)cc1. The van der Waals surface area contributed by atoms with E-state index in [1.165, 1.54) is 50.7 Å². The lowest BCUT2D eigenvalue weighted by Gasteiger charge is -2.56. The molecule has 4 N–H and O–H groups in total. The largest absolute Gasteiger partial charge is 0.416 e. The van der Waals surface area contributed by atoms with E-state index < -0.39 is 11.7 Å². The van der Waals surface area contributed by atoms with Crippen molar-refractivity contribution in [1.82, 2.24) is 0 Å². The van der Waals surface area contributed by atoms with Gasteiger partial charge in [0.05, 0.1) is 5.56 Å². The summed E-state index contributed by atoms with van der Waals surface area (Å²) in [5.41, 5.74) is 11.8. The monoisotopic (exact) mass is 340 g/mol. The first-order valence-corrected chi connectivity index (χ1v) is 8.90. The second-order valence-corrected chi connectivity index (χ2v) is 8.02. The maximum absolute atomic E-state index is 12.0. The molecule has 0 spiro atoms. The summed E-state index contributed by atoms with van der Waals surface area (Å²) in [6, 6.07) is 4.82. The summed E-state index contributed by atoms with van der Waals surface area (Å²) in [5, 5.41) is 0. The Kier molecular flexibility index (Phi) is 4.94. The molecule has 134 valence electrons. The number of alkyl halides is 3. The number of nitrogens with two attached hydrogens (primary N) is 2. The van der Waals surface area contributed by atoms with E-state index in [2.05, 4.69) is 0 Å². The van der Waals surface area contributed by atoms with Gasteiger partial charge in [0.1, 0.15) is 0 Å². The minimum Gasteiger partial charge on any atom is -0.330 e. The second-order valence-electron chi connectivity index (χ2n) is 8.02. The van der Waals surface area contributed by atoms with Gasteiger partial charge in [0.25, 0.3) is 0 Å². The summed E-state index contributed by atoms with van der Waals surface area (Å²) in [6.07, 6.45) is 4.77. The molecule has 2 nitrogen and oxygen atoms in total. The zero-order valence-electron chi connectivity index (χ0n) is 14.0. The average Bonchev–Trinajstić information content (AvgIpc) is 2.53. The summed E-state index contributed by atoms with van der Waals surface area (Å²) in [5.74, 6) is 3.21. The van der Waals surface area contributed by atoms with E-state index in [1.54, 1.807) is 0 Å². The summed E-state index contributed by atoms with van der Waals surface area (Å²) >= 11 is 0. The maximum Gasteiger partial charge on any atom is 0.416 e. The van der Waals surface area contributed by atoms with Crippen LogP contribution in [0.2, 0.25) is 0 Å². The van der Waals surface area contributed by atoms with E-state index in [9.17, 15) is 13.2 Å². The van der Waals surface area contributed by atoms with Crippen molar-refractivity contribution in [2.75, 3.05) is 6.54 Å². The average molecular weight is 340 g/mol. The minimum atomic E-state index is -4.26. The molecule has 4 bridgehead atoms. The molecule has 4 aliphatic carbocycles. The lowest BCUT2D eigenvalue weighted by atomic mass is 9.50. The zero-order valence-corrected chi connectivity index (χ0v) is 14.0. The van der Waals surface area contributed by atoms with Gasteiger partial charge in [-0.2, -0.15) is 13.2 Å². The third-order valence-corrected chi connectivity index (χ3v) is 6.12. The number of benzene rings is 1. The Balaban J connectivity index is 0.000000141. The van der Waals surface area contributed by atoms with Crippen LogP contribution < -0.4 is 11.5 Å². The molecule has 5 heteroatoms. The van der Waals surface area contributed by atoms with Crippen molar-refractivity contribution in [1.29, 1.82) is 0 Å². The van der Waals surface area contributed by atoms with Crippen molar-refractivity contribution in [3.05, 3.63) is 35.4 Å². The van der Waals surface area contributed by atoms with Crippen LogP contribution in [0.3, 0.4) is 0 Å². The lowest BCUT2D eigenvalue weighted by molar-refractivity contribution is -0.137. The highest BCUT2D eigenvalue weighted by Gasteiger charge is 2.49. The van der Waals surface area contributed by atoms with Gasteiger partial charge in [-0.3, -0.25) is 0 Å². The second kappa shape index (κ2) is 6.68. The fourth-order valence-electron chi connectivity index (χ4n) is 5.37. The highest BCUT2D eigenvalue weighted by atomic mass is 19.4. The lowest BCUT2D eigenvalue weighted by Crippen LogP contribution is -2.49. The molecule has 4 aliphatic rings. The van der Waals surface area contributed by atoms with E-state index in [1.807, 2.05) is 0 Å². The molecule has 0 radical (unpaired) electrons. The van der Waals surface area contributed by atoms with Crippen molar-refractivity contribution < 1.29 is 13.2 Å². The zero-order chi connectivity index (χ0) is 17.4. The first-order valence-electron chi connectivity index (χ1n) is 8.90. The summed E-state index contributed by atoms with van der Waals surface area (Å²) in [7, 11) is 0. The highest BCUT2D eigenvalue weighted by Crippen LogP contribution is 2.59. The van der Waals surface area contributed by atoms with Crippen LogP contribution in [0.1, 0.15) is 49.7 Å². The predicted molar refractivity (Wildman–Crippen MR) is 89.0 cm³/mol. The molecule has 0 unspecified atom stereocenters. The van der Waals surface area contributed by atoms with Gasteiger partial charge in [0.15, 0.2) is 0 Å². The molecule has 24 heavy (non-hydrogen) atoms. The van der Waals surface area contributed by atoms with Crippen LogP contribution in [-0.2, 0) is 12.7 Å². The molecule has 0 atom stereocenters. The predicted octanol–water partition coefficient (Wildman–Crippen LogP) is 4.33. The first kappa shape index (κ1) is 17.7. The Morgan fingerprint density at radius 1 is 0.875 bits per heavy atom. The molecule has 0 heterocycles. The minimum absolute atomic E-state index is 0.262. The number of hydrogen-bond donors (Lipinski definition) is 2. The summed E-state index contributed by atoms with van der Waals surface area (Å²) in [4.78, 5) is 0. The van der Waals surface area contributed by atoms with E-state index in [0.717, 1.165) is 36.4 Å². The van der Waals surface area contributed by atoms with Crippen LogP contribution in [0.25, 0.3) is 0 Å². The molecular formula is C19H27F3N2. The van der Waals surface area contributed by atoms with Gasteiger partial charge in [0.2, 0.25) is 0 Å². The van der Waals surface area contributed by atoms with Crippen molar-refractivity contribution in [3.8, 4) is 0 Å². The Hall–Kier alpha value is -1.07. The molecule has 0 aliphatic heterocycles. The standard InChI is InChI=1S/C11H19N.C8H8F3N/c12-7-11-4-8-1-9(5-11)3-10(2-8)6-11;9-8(10,11)7-3-1-6(5-12)2-4-7/h8-10H,1-7,12H2;1-4H,5,12H2. The number of rotatable bonds is 2. The van der Waals surface area contributed by atoms with Crippen LogP contribution in [0, 0.1) is 23.2 Å². The van der Waals surface area contributed by atoms with Crippen molar-refractivity contribution in [2.45, 2.75) is 51.2 Å². The van der Waals surface area contributed by atoms with Gasteiger partial charge in [-0.15, -0.1) is 0 Å². The number of hydrogen-bond acceptors (Lipinski definition) is 2. The molecule has 4 fully saturated rings.